The van der Waals surface area contributed by atoms with E-state index in [2.05, 4.69) is 0 Å². The van der Waals surface area contributed by atoms with Crippen molar-refractivity contribution in [3.8, 4) is 11.5 Å². The Morgan fingerprint density at radius 2 is 1.61 bits per heavy atom. The zero-order valence-electron chi connectivity index (χ0n) is 21.7. The van der Waals surface area contributed by atoms with Gasteiger partial charge < -0.3 is 14.4 Å². The molecule has 0 spiro atoms. The van der Waals surface area contributed by atoms with Crippen molar-refractivity contribution >= 4 is 41.0 Å². The molecule has 3 aromatic rings. The fourth-order valence-electron chi connectivity index (χ4n) is 6.14. The smallest absolute Gasteiger partial charge is 0.417 e. The van der Waals surface area contributed by atoms with Gasteiger partial charge in [0.05, 0.1) is 48.4 Å². The van der Waals surface area contributed by atoms with Crippen LogP contribution in [0, 0.1) is 11.8 Å². The second-order valence-electron chi connectivity index (χ2n) is 9.94. The maximum Gasteiger partial charge on any atom is 0.417 e. The van der Waals surface area contributed by atoms with Crippen molar-refractivity contribution in [2.45, 2.75) is 18.3 Å². The third kappa shape index (κ3) is 4.08. The Balaban J connectivity index is 1.48. The lowest BCUT2D eigenvalue weighted by Crippen LogP contribution is -2.44. The molecule has 3 aliphatic heterocycles. The summed E-state index contributed by atoms with van der Waals surface area (Å²) in [5.41, 5.74) is 0.359. The Bertz CT molecular complexity index is 1640. The summed E-state index contributed by atoms with van der Waals surface area (Å²) in [7, 11) is 2.89. The summed E-state index contributed by atoms with van der Waals surface area (Å²) in [6.45, 7) is 0. The number of ketones is 1. The molecule has 0 aromatic heterocycles. The highest BCUT2D eigenvalue weighted by Crippen LogP contribution is 2.54. The molecule has 7 nitrogen and oxygen atoms in total. The molecule has 2 fully saturated rings. The van der Waals surface area contributed by atoms with Crippen LogP contribution >= 0.6 is 11.6 Å². The molecule has 41 heavy (non-hydrogen) atoms. The number of anilines is 1. The van der Waals surface area contributed by atoms with Crippen molar-refractivity contribution in [2.24, 2.45) is 11.8 Å². The van der Waals surface area contributed by atoms with E-state index in [0.717, 1.165) is 22.1 Å². The number of hydrogen-bond donors (Lipinski definition) is 0. The number of carbonyl (C=O) groups is 3. The normalized spacial score (nSPS) is 22.9. The van der Waals surface area contributed by atoms with E-state index >= 15 is 0 Å². The van der Waals surface area contributed by atoms with E-state index in [1.54, 1.807) is 29.3 Å². The molecule has 2 saturated heterocycles. The van der Waals surface area contributed by atoms with Gasteiger partial charge in [-0.15, -0.1) is 0 Å². The number of ether oxygens (including phenoxy) is 2. The number of imide groups is 1. The van der Waals surface area contributed by atoms with Crippen molar-refractivity contribution < 1.29 is 37.0 Å². The third-order valence-corrected chi connectivity index (χ3v) is 8.24. The number of rotatable bonds is 5. The van der Waals surface area contributed by atoms with Crippen LogP contribution in [0.2, 0.25) is 5.02 Å². The molecule has 0 N–H and O–H groups in total. The molecule has 0 radical (unpaired) electrons. The number of amides is 2. The average Bonchev–Trinajstić information content (AvgIpc) is 3.44. The SMILES string of the molecule is COc1ccc(C(=O)[C@@H]2[C@@H]3C(=O)N(c4ccc(Cl)c(C(F)(F)F)c4)C(=O)[C@@H]3C3c4ccccc4C=CN32)cc1OC. The van der Waals surface area contributed by atoms with Gasteiger partial charge in [0.2, 0.25) is 11.8 Å². The number of Topliss-reactive ketones (excluding diaryl/α,β-unsaturated/α-hetero) is 1. The van der Waals surface area contributed by atoms with Gasteiger partial charge in [-0.25, -0.2) is 4.90 Å². The summed E-state index contributed by atoms with van der Waals surface area (Å²) >= 11 is 5.80. The first-order chi connectivity index (χ1) is 19.6. The molecule has 11 heteroatoms. The summed E-state index contributed by atoms with van der Waals surface area (Å²) in [5, 5.41) is -0.556. The Hall–Kier alpha value is -4.31. The molecule has 3 heterocycles. The van der Waals surface area contributed by atoms with Gasteiger partial charge in [-0.1, -0.05) is 35.9 Å². The van der Waals surface area contributed by atoms with Gasteiger partial charge in [0.25, 0.3) is 0 Å². The third-order valence-electron chi connectivity index (χ3n) is 7.91. The van der Waals surface area contributed by atoms with E-state index in [9.17, 15) is 27.6 Å². The zero-order valence-corrected chi connectivity index (χ0v) is 22.4. The fraction of sp³-hybridized carbons (Fsp3) is 0.233. The van der Waals surface area contributed by atoms with E-state index in [4.69, 9.17) is 21.1 Å². The average molecular weight is 583 g/mol. The van der Waals surface area contributed by atoms with Gasteiger partial charge in [0, 0.05) is 11.8 Å². The van der Waals surface area contributed by atoms with Crippen molar-refractivity contribution in [1.29, 1.82) is 0 Å². The molecule has 1 unspecified atom stereocenters. The van der Waals surface area contributed by atoms with Gasteiger partial charge in [-0.2, -0.15) is 13.2 Å². The van der Waals surface area contributed by atoms with Crippen LogP contribution in [0.4, 0.5) is 18.9 Å². The van der Waals surface area contributed by atoms with Gasteiger partial charge in [0.1, 0.15) is 6.04 Å². The maximum absolute atomic E-state index is 14.1. The van der Waals surface area contributed by atoms with E-state index in [0.29, 0.717) is 17.6 Å². The lowest BCUT2D eigenvalue weighted by atomic mass is 9.83. The minimum absolute atomic E-state index is 0.226. The number of nitrogens with zero attached hydrogens (tertiary/aromatic N) is 2. The Morgan fingerprint density at radius 3 is 2.32 bits per heavy atom. The Kier molecular flexibility index (Phi) is 6.33. The minimum Gasteiger partial charge on any atom is -0.493 e. The first-order valence-corrected chi connectivity index (χ1v) is 13.0. The van der Waals surface area contributed by atoms with Gasteiger partial charge in [0.15, 0.2) is 17.3 Å². The molecular formula is C30H22ClF3N2O5. The van der Waals surface area contributed by atoms with Crippen LogP contribution in [-0.4, -0.2) is 42.8 Å². The standard InChI is InChI=1S/C30H22ClF3N2O5/c1-40-21-10-7-16(13-22(21)41-2)27(37)26-24-23(25-18-6-4-3-5-15(18)11-12-35(25)26)28(38)36(29(24)39)17-8-9-20(31)19(14-17)30(32,33)34/h3-14,23-26H,1-2H3/t23-,24+,25?,26-/m0/s1. The molecule has 4 atom stereocenters. The van der Waals surface area contributed by atoms with E-state index in [1.165, 1.54) is 26.4 Å². The molecule has 2 amide bonds. The monoisotopic (exact) mass is 582 g/mol. The van der Waals surface area contributed by atoms with Crippen LogP contribution in [0.25, 0.3) is 6.08 Å². The highest BCUT2D eigenvalue weighted by molar-refractivity contribution is 6.32. The molecule has 0 aliphatic carbocycles. The molecule has 6 rings (SSSR count). The first kappa shape index (κ1) is 26.9. The molecule has 3 aromatic carbocycles. The van der Waals surface area contributed by atoms with Gasteiger partial charge in [-0.05, 0) is 53.6 Å². The molecular weight excluding hydrogens is 561 g/mol. The summed E-state index contributed by atoms with van der Waals surface area (Å²) in [4.78, 5) is 44.6. The molecule has 210 valence electrons. The maximum atomic E-state index is 14.1. The summed E-state index contributed by atoms with van der Waals surface area (Å²) in [5.74, 6) is -3.35. The number of methoxy groups -OCH3 is 2. The largest absolute Gasteiger partial charge is 0.493 e. The van der Waals surface area contributed by atoms with E-state index in [-0.39, 0.29) is 11.3 Å². The zero-order chi connectivity index (χ0) is 29.2. The number of fused-ring (bicyclic) bond motifs is 5. The second-order valence-corrected chi connectivity index (χ2v) is 10.3. The van der Waals surface area contributed by atoms with Crippen LogP contribution in [0.3, 0.4) is 0 Å². The Labute approximate surface area is 237 Å². The quantitative estimate of drug-likeness (QED) is 0.281. The van der Waals surface area contributed by atoms with Gasteiger partial charge in [-0.3, -0.25) is 14.4 Å². The van der Waals surface area contributed by atoms with Crippen LogP contribution in [0.5, 0.6) is 11.5 Å². The number of carbonyl (C=O) groups excluding carboxylic acids is 3. The summed E-state index contributed by atoms with van der Waals surface area (Å²) < 4.78 is 51.6. The Morgan fingerprint density at radius 1 is 0.902 bits per heavy atom. The van der Waals surface area contributed by atoms with Crippen molar-refractivity contribution in [3.05, 3.63) is 94.1 Å². The number of benzene rings is 3. The first-order valence-electron chi connectivity index (χ1n) is 12.6. The molecule has 0 saturated carbocycles. The second kappa shape index (κ2) is 9.66. The predicted octanol–water partition coefficient (Wildman–Crippen LogP) is 5.77. The number of hydrogen-bond acceptors (Lipinski definition) is 6. The predicted molar refractivity (Wildman–Crippen MR) is 144 cm³/mol. The fourth-order valence-corrected chi connectivity index (χ4v) is 6.37. The summed E-state index contributed by atoms with van der Waals surface area (Å²) in [6.07, 6.45) is -1.29. The van der Waals surface area contributed by atoms with Crippen molar-refractivity contribution in [1.82, 2.24) is 4.90 Å². The highest BCUT2D eigenvalue weighted by atomic mass is 35.5. The van der Waals surface area contributed by atoms with Crippen LogP contribution in [0.15, 0.2) is 66.9 Å². The topological polar surface area (TPSA) is 76.2 Å². The van der Waals surface area contributed by atoms with Crippen LogP contribution < -0.4 is 14.4 Å². The number of halogens is 4. The van der Waals surface area contributed by atoms with Crippen molar-refractivity contribution in [3.63, 3.8) is 0 Å². The molecule has 3 aliphatic rings. The highest BCUT2D eigenvalue weighted by Gasteiger charge is 2.64. The van der Waals surface area contributed by atoms with Crippen molar-refractivity contribution in [2.75, 3.05) is 19.1 Å². The molecule has 0 bridgehead atoms. The van der Waals surface area contributed by atoms with E-state index < -0.39 is 58.3 Å². The van der Waals surface area contributed by atoms with Gasteiger partial charge >= 0.3 is 6.18 Å². The lowest BCUT2D eigenvalue weighted by Gasteiger charge is -2.35. The van der Waals surface area contributed by atoms with E-state index in [1.807, 2.05) is 24.3 Å². The van der Waals surface area contributed by atoms with Crippen LogP contribution in [-0.2, 0) is 15.8 Å². The minimum atomic E-state index is -4.80. The summed E-state index contributed by atoms with van der Waals surface area (Å²) in [6, 6.07) is 13.0. The number of alkyl halides is 3. The van der Waals surface area contributed by atoms with Crippen LogP contribution in [0.1, 0.15) is 33.1 Å². The lowest BCUT2D eigenvalue weighted by molar-refractivity contribution is -0.137.